The fourth-order valence-electron chi connectivity index (χ4n) is 1.85. The second-order valence-electron chi connectivity index (χ2n) is 6.03. The number of alkyl halides is 18. The van der Waals surface area contributed by atoms with Crippen LogP contribution in [-0.4, -0.2) is 83.2 Å². The maximum absolute atomic E-state index is 13.7. The van der Waals surface area contributed by atoms with Gasteiger partial charge in [0.1, 0.15) is 0 Å². The van der Waals surface area contributed by atoms with Crippen LogP contribution in [0.25, 0.3) is 0 Å². The molecule has 2 N–H and O–H groups in total. The van der Waals surface area contributed by atoms with Crippen molar-refractivity contribution in [1.82, 2.24) is 0 Å². The van der Waals surface area contributed by atoms with Crippen molar-refractivity contribution in [2.45, 2.75) is 72.9 Å². The van der Waals surface area contributed by atoms with E-state index in [9.17, 15) is 79.0 Å². The van der Waals surface area contributed by atoms with Crippen molar-refractivity contribution in [3.63, 3.8) is 0 Å². The summed E-state index contributed by atoms with van der Waals surface area (Å²) < 4.78 is 230. The molecule has 20 heteroatoms. The highest BCUT2D eigenvalue weighted by atomic mass is 19.4. The average molecular weight is 526 g/mol. The molecule has 0 aromatic heterocycles. The van der Waals surface area contributed by atoms with Crippen LogP contribution < -0.4 is 0 Å². The summed E-state index contributed by atoms with van der Waals surface area (Å²) in [5.74, 6) is -39.9. The van der Waals surface area contributed by atoms with Gasteiger partial charge in [-0.15, -0.1) is 0 Å². The highest BCUT2D eigenvalue weighted by molar-refractivity contribution is 5.12. The van der Waals surface area contributed by atoms with E-state index in [4.69, 9.17) is 10.2 Å². The maximum Gasteiger partial charge on any atom is 0.460 e. The first-order valence-electron chi connectivity index (χ1n) is 7.26. The van der Waals surface area contributed by atoms with Gasteiger partial charge in [0.15, 0.2) is 30.8 Å². The first kappa shape index (κ1) is 30.7. The highest BCUT2D eigenvalue weighted by Gasteiger charge is 2.91. The van der Waals surface area contributed by atoms with E-state index in [2.05, 4.69) is 0 Å². The van der Waals surface area contributed by atoms with E-state index in [1.807, 2.05) is 0 Å². The Bertz CT molecular complexity index is 630. The zero-order valence-corrected chi connectivity index (χ0v) is 14.2. The Labute approximate surface area is 163 Å². The molecule has 0 radical (unpaired) electrons. The number of rotatable bonds is 10. The minimum atomic E-state index is -8.35. The molecule has 0 rings (SSSR count). The van der Waals surface area contributed by atoms with Crippen LogP contribution in [0.3, 0.4) is 0 Å². The second-order valence-corrected chi connectivity index (χ2v) is 6.03. The molecule has 0 saturated carbocycles. The third kappa shape index (κ3) is 4.52. The fourth-order valence-corrected chi connectivity index (χ4v) is 1.85. The Morgan fingerprint density at radius 1 is 0.438 bits per heavy atom. The molecule has 32 heavy (non-hydrogen) atoms. The summed E-state index contributed by atoms with van der Waals surface area (Å²) in [4.78, 5) is 0. The summed E-state index contributed by atoms with van der Waals surface area (Å²) in [7, 11) is 0. The number of aliphatic hydroxyl groups excluding tert-OH is 1. The highest BCUT2D eigenvalue weighted by Crippen LogP contribution is 2.60. The van der Waals surface area contributed by atoms with Crippen LogP contribution in [0, 0.1) is 0 Å². The van der Waals surface area contributed by atoms with E-state index in [1.165, 1.54) is 0 Å². The van der Waals surface area contributed by atoms with Crippen LogP contribution in [0.4, 0.5) is 79.0 Å². The van der Waals surface area contributed by atoms with Gasteiger partial charge in [0.05, 0.1) is 0 Å². The standard InChI is InChI=1S/C12H8F18O2/c13-1(2(14)4(16)6(17)18)3(15)5(31)7(19,32)8(20,21)9(22,23)10(24,25)11(26,27)12(28,29)30/h1-6,31-32H. The summed E-state index contributed by atoms with van der Waals surface area (Å²) in [6.45, 7) is 0. The monoisotopic (exact) mass is 526 g/mol. The molecule has 0 aromatic carbocycles. The summed E-state index contributed by atoms with van der Waals surface area (Å²) in [5.41, 5.74) is 0. The van der Waals surface area contributed by atoms with Gasteiger partial charge in [-0.05, 0) is 0 Å². The lowest BCUT2D eigenvalue weighted by molar-refractivity contribution is -0.452. The van der Waals surface area contributed by atoms with Crippen molar-refractivity contribution in [2.24, 2.45) is 0 Å². The molecule has 6 unspecified atom stereocenters. The molecule has 0 spiro atoms. The number of hydrogen-bond acceptors (Lipinski definition) is 2. The third-order valence-electron chi connectivity index (χ3n) is 3.83. The van der Waals surface area contributed by atoms with Crippen molar-refractivity contribution in [2.75, 3.05) is 0 Å². The first-order valence-corrected chi connectivity index (χ1v) is 7.26. The maximum atomic E-state index is 13.7. The lowest BCUT2D eigenvalue weighted by Gasteiger charge is -2.42. The Morgan fingerprint density at radius 3 is 1.06 bits per heavy atom. The molecule has 6 atom stereocenters. The number of halogens is 18. The van der Waals surface area contributed by atoms with Gasteiger partial charge in [0, 0.05) is 0 Å². The lowest BCUT2D eigenvalue weighted by Crippen LogP contribution is -2.73. The van der Waals surface area contributed by atoms with Gasteiger partial charge >= 0.3 is 35.7 Å². The van der Waals surface area contributed by atoms with E-state index >= 15 is 0 Å². The Balaban J connectivity index is 6.28. The minimum absolute atomic E-state index is 4.35. The largest absolute Gasteiger partial charge is 0.460 e. The SMILES string of the molecule is OC(C(F)C(F)C(F)C(F)C(F)F)C(O)(F)C(F)(F)C(F)(F)C(F)(F)C(F)(F)C(F)(F)F. The van der Waals surface area contributed by atoms with E-state index < -0.39 is 72.9 Å². The normalized spacial score (nSPS) is 21.7. The molecule has 2 nitrogen and oxygen atoms in total. The Hall–Kier alpha value is -1.34. The second kappa shape index (κ2) is 8.79. The molecule has 0 fully saturated rings. The molecule has 0 aromatic rings. The third-order valence-corrected chi connectivity index (χ3v) is 3.83. The molecular weight excluding hydrogens is 518 g/mol. The molecule has 194 valence electrons. The van der Waals surface area contributed by atoms with Crippen LogP contribution in [0.5, 0.6) is 0 Å². The first-order chi connectivity index (χ1) is 13.7. The van der Waals surface area contributed by atoms with Crippen LogP contribution in [-0.2, 0) is 0 Å². The lowest BCUT2D eigenvalue weighted by atomic mass is 9.88. The van der Waals surface area contributed by atoms with Gasteiger partial charge in [-0.2, -0.15) is 48.3 Å². The molecule has 0 heterocycles. The zero-order valence-electron chi connectivity index (χ0n) is 14.2. The van der Waals surface area contributed by atoms with Gasteiger partial charge in [0.25, 0.3) is 6.43 Å². The average Bonchev–Trinajstić information content (AvgIpc) is 2.62. The predicted octanol–water partition coefficient (Wildman–Crippen LogP) is 4.73. The quantitative estimate of drug-likeness (QED) is 0.405. The molecular formula is C12H8F18O2. The van der Waals surface area contributed by atoms with Crippen molar-refractivity contribution in [1.29, 1.82) is 0 Å². The Morgan fingerprint density at radius 2 is 0.750 bits per heavy atom. The van der Waals surface area contributed by atoms with Crippen molar-refractivity contribution >= 4 is 0 Å². The van der Waals surface area contributed by atoms with Crippen LogP contribution in [0.2, 0.25) is 0 Å². The number of aliphatic hydroxyl groups is 2. The summed E-state index contributed by atoms with van der Waals surface area (Å²) in [6, 6.07) is 0. The van der Waals surface area contributed by atoms with Crippen molar-refractivity contribution in [3.8, 4) is 0 Å². The molecule has 0 aliphatic heterocycles. The summed E-state index contributed by atoms with van der Waals surface area (Å²) in [5, 5.41) is 17.3. The predicted molar refractivity (Wildman–Crippen MR) is 63.5 cm³/mol. The van der Waals surface area contributed by atoms with Crippen molar-refractivity contribution < 1.29 is 89.2 Å². The van der Waals surface area contributed by atoms with Gasteiger partial charge in [0.2, 0.25) is 0 Å². The molecule has 0 saturated heterocycles. The number of hydrogen-bond donors (Lipinski definition) is 2. The van der Waals surface area contributed by atoms with E-state index in [0.29, 0.717) is 0 Å². The van der Waals surface area contributed by atoms with Crippen LogP contribution in [0.15, 0.2) is 0 Å². The smallest absolute Gasteiger partial charge is 0.384 e. The minimum Gasteiger partial charge on any atom is -0.384 e. The van der Waals surface area contributed by atoms with Gasteiger partial charge < -0.3 is 10.2 Å². The summed E-state index contributed by atoms with van der Waals surface area (Å²) in [6.07, 6.45) is -36.0. The van der Waals surface area contributed by atoms with Crippen LogP contribution in [0.1, 0.15) is 0 Å². The molecule has 0 bridgehead atoms. The van der Waals surface area contributed by atoms with E-state index in [0.717, 1.165) is 0 Å². The molecule has 0 amide bonds. The van der Waals surface area contributed by atoms with Gasteiger partial charge in [-0.3, -0.25) is 0 Å². The van der Waals surface area contributed by atoms with Gasteiger partial charge in [-0.25, -0.2) is 30.7 Å². The summed E-state index contributed by atoms with van der Waals surface area (Å²) >= 11 is 0. The van der Waals surface area contributed by atoms with E-state index in [-0.39, 0.29) is 0 Å². The molecule has 0 aliphatic rings. The topological polar surface area (TPSA) is 40.5 Å². The van der Waals surface area contributed by atoms with Gasteiger partial charge in [-0.1, -0.05) is 0 Å². The zero-order chi connectivity index (χ0) is 26.5. The van der Waals surface area contributed by atoms with Crippen LogP contribution >= 0.6 is 0 Å². The molecule has 0 aliphatic carbocycles. The van der Waals surface area contributed by atoms with E-state index in [1.54, 1.807) is 0 Å². The Kier molecular flexibility index (Phi) is 8.42. The fraction of sp³-hybridized carbons (Fsp3) is 1.00. The van der Waals surface area contributed by atoms with Crippen molar-refractivity contribution in [3.05, 3.63) is 0 Å².